The van der Waals surface area contributed by atoms with Gasteiger partial charge in [-0.3, -0.25) is 4.79 Å². The highest BCUT2D eigenvalue weighted by atomic mass is 79.9. The van der Waals surface area contributed by atoms with E-state index in [-0.39, 0.29) is 5.91 Å². The van der Waals surface area contributed by atoms with E-state index in [1.807, 2.05) is 24.3 Å². The lowest BCUT2D eigenvalue weighted by atomic mass is 10.2. The summed E-state index contributed by atoms with van der Waals surface area (Å²) in [7, 11) is 3.25. The van der Waals surface area contributed by atoms with Crippen molar-refractivity contribution in [2.24, 2.45) is 0 Å². The number of benzene rings is 1. The van der Waals surface area contributed by atoms with E-state index >= 15 is 0 Å². The van der Waals surface area contributed by atoms with Crippen LogP contribution in [0.15, 0.2) is 28.7 Å². The highest BCUT2D eigenvalue weighted by Gasteiger charge is 2.17. The molecule has 6 heteroatoms. The minimum atomic E-state index is -0.0450. The maximum Gasteiger partial charge on any atom is 0.270 e. The van der Waals surface area contributed by atoms with Crippen LogP contribution in [0.5, 0.6) is 0 Å². The van der Waals surface area contributed by atoms with Crippen LogP contribution < -0.4 is 0 Å². The largest absolute Gasteiger partial charge is 0.383 e. The van der Waals surface area contributed by atoms with E-state index < -0.39 is 0 Å². The number of H-pyrrole nitrogens is 1. The quantitative estimate of drug-likeness (QED) is 0.831. The first kappa shape index (κ1) is 16.0. The summed E-state index contributed by atoms with van der Waals surface area (Å²) in [6.45, 7) is 2.08. The summed E-state index contributed by atoms with van der Waals surface area (Å²) >= 11 is 3.43. The summed E-state index contributed by atoms with van der Waals surface area (Å²) in [6.07, 6.45) is 0. The molecular weight excluding hydrogens is 336 g/mol. The van der Waals surface area contributed by atoms with E-state index in [1.165, 1.54) is 0 Å². The topological polar surface area (TPSA) is 54.6 Å². The number of hydrogen-bond acceptors (Lipinski definition) is 3. The Hall–Kier alpha value is -1.37. The number of hydrogen-bond donors (Lipinski definition) is 1. The minimum Gasteiger partial charge on any atom is -0.383 e. The Morgan fingerprint density at radius 3 is 2.48 bits per heavy atom. The second-order valence-electron chi connectivity index (χ2n) is 4.69. The van der Waals surface area contributed by atoms with E-state index in [1.54, 1.807) is 19.1 Å². The molecule has 1 N–H and O–H groups in total. The Labute approximate surface area is 132 Å². The van der Waals surface area contributed by atoms with Gasteiger partial charge in [-0.25, -0.2) is 0 Å². The van der Waals surface area contributed by atoms with Gasteiger partial charge in [-0.2, -0.15) is 0 Å². The van der Waals surface area contributed by atoms with Crippen LogP contribution in [0.25, 0.3) is 10.9 Å². The number of methoxy groups -OCH3 is 2. The van der Waals surface area contributed by atoms with Crippen LogP contribution in [0.2, 0.25) is 0 Å². The lowest BCUT2D eigenvalue weighted by Crippen LogP contribution is -2.36. The fraction of sp³-hybridized carbons (Fsp3) is 0.400. The van der Waals surface area contributed by atoms with Crippen LogP contribution in [-0.2, 0) is 9.47 Å². The monoisotopic (exact) mass is 354 g/mol. The van der Waals surface area contributed by atoms with Crippen molar-refractivity contribution in [1.82, 2.24) is 9.88 Å². The first-order chi connectivity index (χ1) is 10.2. The summed E-state index contributed by atoms with van der Waals surface area (Å²) in [6, 6.07) is 7.76. The molecule has 0 fully saturated rings. The van der Waals surface area contributed by atoms with Crippen molar-refractivity contribution in [3.63, 3.8) is 0 Å². The van der Waals surface area contributed by atoms with Crippen molar-refractivity contribution in [1.29, 1.82) is 0 Å². The van der Waals surface area contributed by atoms with Crippen molar-refractivity contribution in [3.05, 3.63) is 34.4 Å². The van der Waals surface area contributed by atoms with Crippen molar-refractivity contribution >= 4 is 32.7 Å². The summed E-state index contributed by atoms with van der Waals surface area (Å²) in [5.41, 5.74) is 1.52. The highest BCUT2D eigenvalue weighted by molar-refractivity contribution is 9.10. The van der Waals surface area contributed by atoms with E-state index in [0.29, 0.717) is 32.0 Å². The average Bonchev–Trinajstić information content (AvgIpc) is 2.89. The van der Waals surface area contributed by atoms with Gasteiger partial charge in [-0.15, -0.1) is 0 Å². The lowest BCUT2D eigenvalue weighted by Gasteiger charge is -2.21. The van der Waals surface area contributed by atoms with Crippen molar-refractivity contribution in [2.45, 2.75) is 0 Å². The van der Waals surface area contributed by atoms with Gasteiger partial charge < -0.3 is 19.4 Å². The zero-order valence-electron chi connectivity index (χ0n) is 12.2. The molecular formula is C15H19BrN2O3. The number of nitrogens with one attached hydrogen (secondary N) is 1. The predicted molar refractivity (Wildman–Crippen MR) is 85.7 cm³/mol. The van der Waals surface area contributed by atoms with Gasteiger partial charge in [0.2, 0.25) is 0 Å². The fourth-order valence-electron chi connectivity index (χ4n) is 2.10. The molecule has 5 nitrogen and oxygen atoms in total. The average molecular weight is 355 g/mol. The number of nitrogens with zero attached hydrogens (tertiary/aromatic N) is 1. The van der Waals surface area contributed by atoms with Crippen molar-refractivity contribution in [3.8, 4) is 0 Å². The zero-order chi connectivity index (χ0) is 15.2. The SMILES string of the molecule is COCCN(CCOC)C(=O)c1cc2ccc(Br)cc2[nH]1. The molecule has 0 bridgehead atoms. The van der Waals surface area contributed by atoms with E-state index in [2.05, 4.69) is 20.9 Å². The molecule has 1 heterocycles. The summed E-state index contributed by atoms with van der Waals surface area (Å²) < 4.78 is 11.1. The minimum absolute atomic E-state index is 0.0450. The number of amides is 1. The van der Waals surface area contributed by atoms with Gasteiger partial charge in [0, 0.05) is 42.7 Å². The Bertz CT molecular complexity index is 604. The van der Waals surface area contributed by atoms with Gasteiger partial charge in [0.15, 0.2) is 0 Å². The predicted octanol–water partition coefficient (Wildman–Crippen LogP) is 2.67. The van der Waals surface area contributed by atoms with Crippen LogP contribution >= 0.6 is 15.9 Å². The Kier molecular flexibility index (Phi) is 5.78. The molecule has 21 heavy (non-hydrogen) atoms. The lowest BCUT2D eigenvalue weighted by molar-refractivity contribution is 0.0623. The Morgan fingerprint density at radius 2 is 1.86 bits per heavy atom. The molecule has 1 aromatic carbocycles. The van der Waals surface area contributed by atoms with Gasteiger partial charge in [-0.05, 0) is 18.2 Å². The second kappa shape index (κ2) is 7.59. The van der Waals surface area contributed by atoms with E-state index in [9.17, 15) is 4.79 Å². The van der Waals surface area contributed by atoms with Crippen LogP contribution in [-0.4, -0.2) is 56.3 Å². The maximum atomic E-state index is 12.6. The summed E-state index contributed by atoms with van der Waals surface area (Å²) in [5, 5.41) is 1.01. The molecule has 0 saturated carbocycles. The molecule has 0 unspecified atom stereocenters. The molecule has 0 aliphatic carbocycles. The third-order valence-electron chi connectivity index (χ3n) is 3.23. The molecule has 2 rings (SSSR count). The van der Waals surface area contributed by atoms with Crippen LogP contribution in [0.1, 0.15) is 10.5 Å². The van der Waals surface area contributed by atoms with Crippen LogP contribution in [0, 0.1) is 0 Å². The van der Waals surface area contributed by atoms with Gasteiger partial charge in [-0.1, -0.05) is 22.0 Å². The standard InChI is InChI=1S/C15H19BrN2O3/c1-20-7-5-18(6-8-21-2)15(19)14-9-11-3-4-12(16)10-13(11)17-14/h3-4,9-10,17H,5-8H2,1-2H3. The summed E-state index contributed by atoms with van der Waals surface area (Å²) in [5.74, 6) is -0.0450. The fourth-order valence-corrected chi connectivity index (χ4v) is 2.46. The molecule has 1 amide bonds. The number of aromatic amines is 1. The first-order valence-corrected chi connectivity index (χ1v) is 7.50. The molecule has 1 aromatic heterocycles. The normalized spacial score (nSPS) is 11.0. The number of halogens is 1. The second-order valence-corrected chi connectivity index (χ2v) is 5.61. The Balaban J connectivity index is 2.20. The number of carbonyl (C=O) groups is 1. The molecule has 0 spiro atoms. The molecule has 0 atom stereocenters. The molecule has 0 radical (unpaired) electrons. The third kappa shape index (κ3) is 4.06. The number of rotatable bonds is 7. The first-order valence-electron chi connectivity index (χ1n) is 6.71. The van der Waals surface area contributed by atoms with E-state index in [0.717, 1.165) is 15.4 Å². The number of carbonyl (C=O) groups excluding carboxylic acids is 1. The summed E-state index contributed by atoms with van der Waals surface area (Å²) in [4.78, 5) is 17.5. The van der Waals surface area contributed by atoms with Crippen molar-refractivity contribution in [2.75, 3.05) is 40.5 Å². The molecule has 114 valence electrons. The molecule has 0 saturated heterocycles. The number of ether oxygens (including phenoxy) is 2. The smallest absolute Gasteiger partial charge is 0.270 e. The third-order valence-corrected chi connectivity index (χ3v) is 3.73. The highest BCUT2D eigenvalue weighted by Crippen LogP contribution is 2.21. The molecule has 0 aliphatic heterocycles. The Morgan fingerprint density at radius 1 is 1.19 bits per heavy atom. The number of aromatic nitrogens is 1. The van der Waals surface area contributed by atoms with Crippen molar-refractivity contribution < 1.29 is 14.3 Å². The van der Waals surface area contributed by atoms with Crippen LogP contribution in [0.4, 0.5) is 0 Å². The van der Waals surface area contributed by atoms with Gasteiger partial charge in [0.1, 0.15) is 5.69 Å². The molecule has 0 aliphatic rings. The maximum absolute atomic E-state index is 12.6. The number of fused-ring (bicyclic) bond motifs is 1. The van der Waals surface area contributed by atoms with Gasteiger partial charge in [0.25, 0.3) is 5.91 Å². The zero-order valence-corrected chi connectivity index (χ0v) is 13.8. The molecule has 2 aromatic rings. The van der Waals surface area contributed by atoms with Gasteiger partial charge in [0.05, 0.1) is 13.2 Å². The van der Waals surface area contributed by atoms with Crippen LogP contribution in [0.3, 0.4) is 0 Å². The van der Waals surface area contributed by atoms with Gasteiger partial charge >= 0.3 is 0 Å². The van der Waals surface area contributed by atoms with E-state index in [4.69, 9.17) is 9.47 Å².